The summed E-state index contributed by atoms with van der Waals surface area (Å²) < 4.78 is 58.4. The first-order valence-corrected chi connectivity index (χ1v) is 41.8. The fourth-order valence-electron chi connectivity index (χ4n) is 15.0. The molecule has 2 amide bonds. The van der Waals surface area contributed by atoms with Gasteiger partial charge in [-0.1, -0.05) is 205 Å². The molecular formula is C79H142N2O31. The van der Waals surface area contributed by atoms with E-state index in [1.165, 1.54) is 148 Å². The van der Waals surface area contributed by atoms with Crippen molar-refractivity contribution in [2.24, 2.45) is 0 Å². The molecule has 0 bridgehead atoms. The maximum atomic E-state index is 13.6. The van der Waals surface area contributed by atoms with Crippen LogP contribution in [0.2, 0.25) is 0 Å². The van der Waals surface area contributed by atoms with Crippen molar-refractivity contribution in [2.75, 3.05) is 39.6 Å². The summed E-state index contributed by atoms with van der Waals surface area (Å²) in [6, 6.07) is -2.94. The topological polar surface area (TPSA) is 532 Å². The molecule has 33 nitrogen and oxygen atoms in total. The molecule has 5 heterocycles. The predicted octanol–water partition coefficient (Wildman–Crippen LogP) is 1.71. The number of rotatable bonds is 58. The molecule has 0 spiro atoms. The van der Waals surface area contributed by atoms with E-state index < -0.39 is 229 Å². The van der Waals surface area contributed by atoms with E-state index in [2.05, 4.69) is 36.6 Å². The van der Waals surface area contributed by atoms with Gasteiger partial charge in [-0.3, -0.25) is 9.59 Å². The summed E-state index contributed by atoms with van der Waals surface area (Å²) in [6.07, 6.45) is -4.45. The molecular weight excluding hydrogens is 1470 g/mol. The standard InChI is InChI=1S/C79H142N2O31/c1-4-6-8-10-12-14-16-18-19-20-21-22-23-24-25-26-27-29-31-33-35-37-39-41-58(91)81-50(51(88)40-38-36-34-32-30-28-17-15-13-11-9-7-5-2)48-103-75-66(98)65(97)70(57(47-86)107-75)109-76-67(99)71(62(94)54(44-83)104-76)110-74-59(80-49(3)87)64(96)69(56(46-85)106-74)108-77-68(100)73(63(95)55(45-84)105-77)112-79(78(101)102)42-52(89)60(92)72(111-79)61(93)53(90)43-82/h18-19,38,40,50-57,59-77,82-86,88-90,92-100H,4-17,20-37,39,41-48H2,1-3H3,(H,80,87)(H,81,91)(H,101,102)/b19-18-,40-38+/t50-,51+,52?,53+,54?,55?,56?,57?,59?,60+,61+,62-,63-,64+,65+,66?,67?,68?,69+,70+,71-,72?,73-,74-,75+,76-,77-,79-/m0/s1. The molecule has 5 saturated heterocycles. The Kier molecular flexibility index (Phi) is 48.6. The van der Waals surface area contributed by atoms with Gasteiger partial charge < -0.3 is 150 Å². The Balaban J connectivity index is 1.18. The number of allylic oxidation sites excluding steroid dienone is 3. The minimum atomic E-state index is -3.19. The minimum Gasteiger partial charge on any atom is -0.477 e. The van der Waals surface area contributed by atoms with Gasteiger partial charge in [0.1, 0.15) is 122 Å². The first kappa shape index (κ1) is 99.4. The number of aliphatic hydroxyl groups excluding tert-OH is 17. The number of nitrogens with one attached hydrogen (secondary N) is 2. The van der Waals surface area contributed by atoms with Crippen LogP contribution < -0.4 is 10.6 Å². The van der Waals surface area contributed by atoms with Gasteiger partial charge in [0, 0.05) is 19.8 Å². The molecule has 5 aliphatic rings. The second-order valence-corrected chi connectivity index (χ2v) is 31.0. The van der Waals surface area contributed by atoms with Crippen LogP contribution in [0.1, 0.15) is 245 Å². The molecule has 0 saturated carbocycles. The van der Waals surface area contributed by atoms with E-state index in [0.29, 0.717) is 12.8 Å². The van der Waals surface area contributed by atoms with Crippen LogP contribution >= 0.6 is 0 Å². The van der Waals surface area contributed by atoms with Crippen molar-refractivity contribution < 1.29 is 154 Å². The first-order valence-electron chi connectivity index (χ1n) is 41.8. The molecule has 5 aliphatic heterocycles. The average molecular weight is 1620 g/mol. The Morgan fingerprint density at radius 1 is 0.464 bits per heavy atom. The molecule has 0 radical (unpaired) electrons. The molecule has 0 aliphatic carbocycles. The fraction of sp³-hybridized carbons (Fsp3) is 0.911. The molecule has 10 unspecified atom stereocenters. The zero-order chi connectivity index (χ0) is 82.1. The van der Waals surface area contributed by atoms with Crippen molar-refractivity contribution in [1.82, 2.24) is 10.6 Å². The number of aliphatic carboxylic acids is 1. The molecule has 112 heavy (non-hydrogen) atoms. The highest BCUT2D eigenvalue weighted by Gasteiger charge is 2.61. The lowest BCUT2D eigenvalue weighted by Gasteiger charge is -2.51. The van der Waals surface area contributed by atoms with Crippen molar-refractivity contribution in [3.63, 3.8) is 0 Å². The number of aliphatic hydroxyl groups is 17. The zero-order valence-corrected chi connectivity index (χ0v) is 66.2. The summed E-state index contributed by atoms with van der Waals surface area (Å²) in [7, 11) is 0. The number of carboxylic acids is 1. The molecule has 0 aromatic heterocycles. The van der Waals surface area contributed by atoms with Gasteiger partial charge in [0.25, 0.3) is 5.79 Å². The van der Waals surface area contributed by atoms with E-state index in [9.17, 15) is 106 Å². The predicted molar refractivity (Wildman–Crippen MR) is 404 cm³/mol. The lowest BCUT2D eigenvalue weighted by atomic mass is 9.90. The fourth-order valence-corrected chi connectivity index (χ4v) is 15.0. The number of hydrogen-bond donors (Lipinski definition) is 20. The van der Waals surface area contributed by atoms with Gasteiger partial charge in [-0.15, -0.1) is 0 Å². The van der Waals surface area contributed by atoms with Crippen LogP contribution in [0.4, 0.5) is 0 Å². The van der Waals surface area contributed by atoms with Gasteiger partial charge in [0.15, 0.2) is 25.2 Å². The van der Waals surface area contributed by atoms with Crippen molar-refractivity contribution in [2.45, 2.75) is 417 Å². The lowest BCUT2D eigenvalue weighted by molar-refractivity contribution is -0.393. The largest absolute Gasteiger partial charge is 0.477 e. The molecule has 33 heteroatoms. The quantitative estimate of drug-likeness (QED) is 0.0304. The van der Waals surface area contributed by atoms with E-state index in [0.717, 1.165) is 58.3 Å². The number of hydrogen-bond acceptors (Lipinski definition) is 30. The van der Waals surface area contributed by atoms with Gasteiger partial charge >= 0.3 is 5.97 Å². The molecule has 0 aromatic rings. The van der Waals surface area contributed by atoms with Gasteiger partial charge in [0.2, 0.25) is 11.8 Å². The number of amides is 2. The summed E-state index contributed by atoms with van der Waals surface area (Å²) in [5.41, 5.74) is 0. The van der Waals surface area contributed by atoms with Gasteiger partial charge in [-0.25, -0.2) is 4.79 Å². The van der Waals surface area contributed by atoms with Crippen LogP contribution in [0.25, 0.3) is 0 Å². The number of carbonyl (C=O) groups is 3. The van der Waals surface area contributed by atoms with Crippen LogP contribution in [-0.2, 0) is 61.8 Å². The summed E-state index contributed by atoms with van der Waals surface area (Å²) in [5.74, 6) is -6.50. The maximum Gasteiger partial charge on any atom is 0.364 e. The van der Waals surface area contributed by atoms with Crippen molar-refractivity contribution in [3.05, 3.63) is 24.3 Å². The Labute approximate surface area is 660 Å². The summed E-state index contributed by atoms with van der Waals surface area (Å²) in [4.78, 5) is 39.4. The molecule has 28 atom stereocenters. The summed E-state index contributed by atoms with van der Waals surface area (Å²) in [6.45, 7) is -0.309. The lowest BCUT2D eigenvalue weighted by Crippen LogP contribution is -2.70. The van der Waals surface area contributed by atoms with Gasteiger partial charge in [0.05, 0.1) is 57.9 Å². The first-order chi connectivity index (χ1) is 53.9. The van der Waals surface area contributed by atoms with Crippen LogP contribution in [0.15, 0.2) is 24.3 Å². The third-order valence-corrected chi connectivity index (χ3v) is 21.8. The summed E-state index contributed by atoms with van der Waals surface area (Å²) >= 11 is 0. The van der Waals surface area contributed by atoms with Gasteiger partial charge in [-0.2, -0.15) is 0 Å². The van der Waals surface area contributed by atoms with Crippen LogP contribution in [0.3, 0.4) is 0 Å². The van der Waals surface area contributed by atoms with Crippen molar-refractivity contribution >= 4 is 17.8 Å². The van der Waals surface area contributed by atoms with Crippen LogP contribution in [0, 0.1) is 0 Å². The van der Waals surface area contributed by atoms with Crippen LogP contribution in [-0.4, -0.2) is 321 Å². The van der Waals surface area contributed by atoms with E-state index in [4.69, 9.17) is 47.4 Å². The van der Waals surface area contributed by atoms with E-state index in [1.807, 2.05) is 6.08 Å². The number of carboxylic acid groups (broad SMARTS) is 1. The highest BCUT2D eigenvalue weighted by molar-refractivity contribution is 5.76. The molecule has 0 aromatic carbocycles. The molecule has 5 fully saturated rings. The Morgan fingerprint density at radius 2 is 0.875 bits per heavy atom. The normalized spacial score (nSPS) is 33.7. The Morgan fingerprint density at radius 3 is 1.33 bits per heavy atom. The minimum absolute atomic E-state index is 0.173. The van der Waals surface area contributed by atoms with E-state index >= 15 is 0 Å². The van der Waals surface area contributed by atoms with E-state index in [-0.39, 0.29) is 12.3 Å². The maximum absolute atomic E-state index is 13.6. The smallest absolute Gasteiger partial charge is 0.364 e. The highest BCUT2D eigenvalue weighted by atomic mass is 16.8. The Bertz CT molecular complexity index is 2570. The van der Waals surface area contributed by atoms with E-state index in [1.54, 1.807) is 6.08 Å². The third-order valence-electron chi connectivity index (χ3n) is 21.8. The third kappa shape index (κ3) is 32.2. The SMILES string of the molecule is CCCCCCCC/C=C\CCCCCCCCCCCCCCCC(=O)N[C@@H](CO[C@@H]1OC(CO)[C@@H](O[C@@H]2OC(CO)[C@H](O)[C@H](O[C@@H]3OC(CO)[C@@H](O[C@@H]4OC(CO)[C@H](O)[C@H](O[C@]5(C(=O)O)CC(O)[C@@H](O)C([C@H](O)[C@H](O)CO)O5)C4O)[C@H](O)C3NC(C)=O)C2O)[C@H](O)C1O)[C@H](O)/C=C/CCCCCCCCCCCCC. The molecule has 654 valence electrons. The number of ether oxygens (including phenoxy) is 10. The average Bonchev–Trinajstić information content (AvgIpc) is 0.760. The zero-order valence-electron chi connectivity index (χ0n) is 66.2. The second-order valence-electron chi connectivity index (χ2n) is 31.0. The number of unbranched alkanes of at least 4 members (excludes halogenated alkanes) is 30. The number of carbonyl (C=O) groups excluding carboxylic acids is 2. The Hall–Kier alpha value is -3.19. The molecule has 20 N–H and O–H groups in total. The summed E-state index contributed by atoms with van der Waals surface area (Å²) in [5, 5.41) is 203. The van der Waals surface area contributed by atoms with Crippen molar-refractivity contribution in [3.8, 4) is 0 Å². The monoisotopic (exact) mass is 1610 g/mol. The van der Waals surface area contributed by atoms with Gasteiger partial charge in [-0.05, 0) is 44.9 Å². The van der Waals surface area contributed by atoms with Crippen molar-refractivity contribution in [1.29, 1.82) is 0 Å². The highest BCUT2D eigenvalue weighted by Crippen LogP contribution is 2.40. The molecule has 5 rings (SSSR count). The second kappa shape index (κ2) is 54.8. The van der Waals surface area contributed by atoms with Crippen LogP contribution in [0.5, 0.6) is 0 Å².